The summed E-state index contributed by atoms with van der Waals surface area (Å²) >= 11 is 0. The number of aliphatic hydroxyl groups is 1. The zero-order chi connectivity index (χ0) is 16.4. The fourth-order valence-corrected chi connectivity index (χ4v) is 2.63. The lowest BCUT2D eigenvalue weighted by molar-refractivity contribution is -0.126. The van der Waals surface area contributed by atoms with E-state index in [2.05, 4.69) is 4.98 Å². The molecule has 1 N–H and O–H groups in total. The predicted octanol–water partition coefficient (Wildman–Crippen LogP) is 2.75. The first kappa shape index (κ1) is 15.2. The van der Waals surface area contributed by atoms with Crippen LogP contribution in [0.3, 0.4) is 0 Å². The Morgan fingerprint density at radius 3 is 2.52 bits per heavy atom. The van der Waals surface area contributed by atoms with Gasteiger partial charge in [0.25, 0.3) is 5.91 Å². The summed E-state index contributed by atoms with van der Waals surface area (Å²) in [4.78, 5) is 17.4. The largest absolute Gasteiger partial charge is 0.503 e. The van der Waals surface area contributed by atoms with Crippen molar-refractivity contribution in [2.45, 2.75) is 12.8 Å². The van der Waals surface area contributed by atoms with Crippen LogP contribution in [-0.4, -0.2) is 34.5 Å². The van der Waals surface area contributed by atoms with Crippen molar-refractivity contribution in [1.29, 1.82) is 0 Å². The maximum atomic E-state index is 12.9. The molecule has 0 unspecified atom stereocenters. The Bertz CT molecular complexity index is 769. The number of hydrogen-bond acceptors (Lipinski definition) is 3. The van der Waals surface area contributed by atoms with Crippen LogP contribution in [-0.2, 0) is 17.6 Å². The van der Waals surface area contributed by atoms with Gasteiger partial charge in [0.05, 0.1) is 12.2 Å². The number of halogens is 1. The van der Waals surface area contributed by atoms with Crippen molar-refractivity contribution in [2.24, 2.45) is 0 Å². The van der Waals surface area contributed by atoms with Crippen LogP contribution in [0.1, 0.15) is 16.8 Å². The van der Waals surface area contributed by atoms with E-state index in [0.29, 0.717) is 17.8 Å². The Balaban J connectivity index is 1.75. The topological polar surface area (TPSA) is 53.4 Å². The minimum absolute atomic E-state index is 0.226. The molecule has 0 spiro atoms. The molecular weight excluding hydrogens is 295 g/mol. The van der Waals surface area contributed by atoms with Gasteiger partial charge in [-0.1, -0.05) is 12.1 Å². The standard InChI is InChI=1S/C18H17FN2O2/c1-21-11-15(17(22)18(21)23)16-10-13(8-9-20-16)3-2-12-4-6-14(19)7-5-12/h4-10,22H,2-3,11H2,1H3. The van der Waals surface area contributed by atoms with Crippen LogP contribution >= 0.6 is 0 Å². The lowest BCUT2D eigenvalue weighted by atomic mass is 10.0. The summed E-state index contributed by atoms with van der Waals surface area (Å²) in [5.74, 6) is -0.841. The van der Waals surface area contributed by atoms with Gasteiger partial charge in [-0.3, -0.25) is 9.78 Å². The van der Waals surface area contributed by atoms with E-state index in [4.69, 9.17) is 0 Å². The predicted molar refractivity (Wildman–Crippen MR) is 85.2 cm³/mol. The summed E-state index contributed by atoms with van der Waals surface area (Å²) in [5.41, 5.74) is 3.29. The number of carbonyl (C=O) groups excluding carboxylic acids is 1. The van der Waals surface area contributed by atoms with Gasteiger partial charge < -0.3 is 10.0 Å². The second-order valence-electron chi connectivity index (χ2n) is 5.66. The van der Waals surface area contributed by atoms with Crippen molar-refractivity contribution in [2.75, 3.05) is 13.6 Å². The summed E-state index contributed by atoms with van der Waals surface area (Å²) in [6, 6.07) is 10.3. The average molecular weight is 312 g/mol. The van der Waals surface area contributed by atoms with Gasteiger partial charge in [-0.25, -0.2) is 4.39 Å². The third-order valence-electron chi connectivity index (χ3n) is 3.98. The maximum Gasteiger partial charge on any atom is 0.289 e. The molecule has 2 heterocycles. The molecule has 1 aliphatic rings. The summed E-state index contributed by atoms with van der Waals surface area (Å²) in [6.07, 6.45) is 3.24. The fourth-order valence-electron chi connectivity index (χ4n) is 2.63. The van der Waals surface area contributed by atoms with Gasteiger partial charge in [0.2, 0.25) is 0 Å². The van der Waals surface area contributed by atoms with E-state index >= 15 is 0 Å². The second-order valence-corrected chi connectivity index (χ2v) is 5.66. The Morgan fingerprint density at radius 1 is 1.17 bits per heavy atom. The number of rotatable bonds is 4. The first-order valence-corrected chi connectivity index (χ1v) is 7.42. The lowest BCUT2D eigenvalue weighted by Crippen LogP contribution is -2.21. The van der Waals surface area contributed by atoms with E-state index < -0.39 is 0 Å². The Kier molecular flexibility index (Phi) is 4.10. The SMILES string of the molecule is CN1CC(c2cc(CCc3ccc(F)cc3)ccn2)=C(O)C1=O. The monoisotopic (exact) mass is 312 g/mol. The van der Waals surface area contributed by atoms with Gasteiger partial charge in [-0.15, -0.1) is 0 Å². The number of aliphatic hydroxyl groups excluding tert-OH is 1. The molecule has 0 atom stereocenters. The molecule has 5 heteroatoms. The summed E-state index contributed by atoms with van der Waals surface area (Å²) in [5, 5.41) is 9.92. The molecule has 1 aromatic heterocycles. The van der Waals surface area contributed by atoms with Crippen LogP contribution in [0.15, 0.2) is 48.4 Å². The van der Waals surface area contributed by atoms with E-state index in [-0.39, 0.29) is 17.5 Å². The molecule has 118 valence electrons. The molecule has 3 rings (SSSR count). The van der Waals surface area contributed by atoms with Crippen LogP contribution in [0.25, 0.3) is 5.57 Å². The number of likely N-dealkylation sites (N-methyl/N-ethyl adjacent to an activating group) is 1. The number of nitrogens with zero attached hydrogens (tertiary/aromatic N) is 2. The molecule has 0 saturated heterocycles. The van der Waals surface area contributed by atoms with Crippen molar-refractivity contribution in [1.82, 2.24) is 9.88 Å². The number of aryl methyl sites for hydroxylation is 2. The first-order valence-electron chi connectivity index (χ1n) is 7.42. The molecule has 0 aliphatic carbocycles. The molecule has 0 fully saturated rings. The van der Waals surface area contributed by atoms with Crippen molar-refractivity contribution >= 4 is 11.5 Å². The summed E-state index contributed by atoms with van der Waals surface area (Å²) in [6.45, 7) is 0.360. The minimum Gasteiger partial charge on any atom is -0.503 e. The molecule has 1 aromatic carbocycles. The Morgan fingerprint density at radius 2 is 1.87 bits per heavy atom. The fraction of sp³-hybridized carbons (Fsp3) is 0.222. The molecule has 1 aliphatic heterocycles. The molecule has 0 radical (unpaired) electrons. The maximum absolute atomic E-state index is 12.9. The van der Waals surface area contributed by atoms with Gasteiger partial charge in [0.1, 0.15) is 5.82 Å². The molecule has 4 nitrogen and oxygen atoms in total. The number of benzene rings is 1. The molecule has 1 amide bonds. The summed E-state index contributed by atoms with van der Waals surface area (Å²) < 4.78 is 12.9. The van der Waals surface area contributed by atoms with E-state index in [1.54, 1.807) is 25.4 Å². The van der Waals surface area contributed by atoms with Crippen LogP contribution in [0.4, 0.5) is 4.39 Å². The summed E-state index contributed by atoms with van der Waals surface area (Å²) in [7, 11) is 1.64. The number of pyridine rings is 1. The zero-order valence-electron chi connectivity index (χ0n) is 12.8. The van der Waals surface area contributed by atoms with Crippen LogP contribution in [0, 0.1) is 5.82 Å². The van der Waals surface area contributed by atoms with E-state index in [1.807, 2.05) is 12.1 Å². The Hall–Kier alpha value is -2.69. The highest BCUT2D eigenvalue weighted by Gasteiger charge is 2.28. The number of amides is 1. The highest BCUT2D eigenvalue weighted by molar-refractivity contribution is 6.03. The zero-order valence-corrected chi connectivity index (χ0v) is 12.8. The van der Waals surface area contributed by atoms with Crippen LogP contribution < -0.4 is 0 Å². The molecule has 0 saturated carbocycles. The highest BCUT2D eigenvalue weighted by atomic mass is 19.1. The third-order valence-corrected chi connectivity index (χ3v) is 3.98. The third kappa shape index (κ3) is 3.23. The van der Waals surface area contributed by atoms with Gasteiger partial charge in [-0.2, -0.15) is 0 Å². The number of aromatic nitrogens is 1. The smallest absolute Gasteiger partial charge is 0.289 e. The van der Waals surface area contributed by atoms with E-state index in [9.17, 15) is 14.3 Å². The van der Waals surface area contributed by atoms with Crippen LogP contribution in [0.2, 0.25) is 0 Å². The normalized spacial score (nSPS) is 14.7. The van der Waals surface area contributed by atoms with Crippen molar-refractivity contribution in [3.05, 3.63) is 71.0 Å². The minimum atomic E-state index is -0.376. The van der Waals surface area contributed by atoms with Crippen molar-refractivity contribution in [3.8, 4) is 0 Å². The first-order chi connectivity index (χ1) is 11.0. The average Bonchev–Trinajstić information content (AvgIpc) is 2.82. The van der Waals surface area contributed by atoms with Gasteiger partial charge in [0, 0.05) is 18.8 Å². The molecule has 23 heavy (non-hydrogen) atoms. The lowest BCUT2D eigenvalue weighted by Gasteiger charge is -2.08. The van der Waals surface area contributed by atoms with E-state index in [0.717, 1.165) is 24.0 Å². The van der Waals surface area contributed by atoms with Gasteiger partial charge >= 0.3 is 0 Å². The van der Waals surface area contributed by atoms with E-state index in [1.165, 1.54) is 17.0 Å². The van der Waals surface area contributed by atoms with Crippen LogP contribution in [0.5, 0.6) is 0 Å². The quantitative estimate of drug-likeness (QED) is 0.944. The number of hydrogen-bond donors (Lipinski definition) is 1. The van der Waals surface area contributed by atoms with Crippen molar-refractivity contribution < 1.29 is 14.3 Å². The highest BCUT2D eigenvalue weighted by Crippen LogP contribution is 2.24. The molecule has 2 aromatic rings. The van der Waals surface area contributed by atoms with Gasteiger partial charge in [-0.05, 0) is 48.2 Å². The molecular formula is C18H17FN2O2. The van der Waals surface area contributed by atoms with Crippen molar-refractivity contribution in [3.63, 3.8) is 0 Å². The Labute approximate surface area is 133 Å². The number of carbonyl (C=O) groups is 1. The van der Waals surface area contributed by atoms with Gasteiger partial charge in [0.15, 0.2) is 5.76 Å². The molecule has 0 bridgehead atoms. The second kappa shape index (κ2) is 6.20.